The van der Waals surface area contributed by atoms with Gasteiger partial charge in [0.25, 0.3) is 0 Å². The Bertz CT molecular complexity index is 692. The molecule has 0 amide bonds. The fraction of sp³-hybridized carbons (Fsp3) is 0.625. The molecule has 2 N–H and O–H groups in total. The minimum atomic E-state index is -4.08. The number of guanidine groups is 1. The summed E-state index contributed by atoms with van der Waals surface area (Å²) < 4.78 is 40.6. The van der Waals surface area contributed by atoms with Crippen molar-refractivity contribution < 1.29 is 13.2 Å². The molecule has 2 aromatic rings. The van der Waals surface area contributed by atoms with Gasteiger partial charge in [-0.2, -0.15) is 13.2 Å². The molecule has 1 saturated carbocycles. The molecule has 0 radical (unpaired) electrons. The summed E-state index contributed by atoms with van der Waals surface area (Å²) >= 11 is 1.57. The van der Waals surface area contributed by atoms with Crippen LogP contribution in [0.2, 0.25) is 0 Å². The first-order valence-corrected chi connectivity index (χ1v) is 9.26. The molecule has 138 valence electrons. The van der Waals surface area contributed by atoms with Crippen molar-refractivity contribution in [2.45, 2.75) is 38.4 Å². The molecule has 25 heavy (non-hydrogen) atoms. The molecule has 3 rings (SSSR count). The lowest BCUT2D eigenvalue weighted by atomic mass is 9.81. The fourth-order valence-electron chi connectivity index (χ4n) is 3.27. The summed E-state index contributed by atoms with van der Waals surface area (Å²) in [6, 6.07) is 0. The summed E-state index contributed by atoms with van der Waals surface area (Å²) in [6.45, 7) is 1.02. The second-order valence-corrected chi connectivity index (χ2v) is 7.28. The van der Waals surface area contributed by atoms with E-state index in [1.807, 2.05) is 22.2 Å². The van der Waals surface area contributed by atoms with E-state index in [1.54, 1.807) is 18.4 Å². The fourth-order valence-corrected chi connectivity index (χ4v) is 3.99. The van der Waals surface area contributed by atoms with Crippen molar-refractivity contribution in [3.63, 3.8) is 0 Å². The lowest BCUT2D eigenvalue weighted by Crippen LogP contribution is -2.41. The molecule has 0 spiro atoms. The lowest BCUT2D eigenvalue weighted by Gasteiger charge is -2.30. The zero-order valence-corrected chi connectivity index (χ0v) is 14.8. The minimum absolute atomic E-state index is 0.0249. The lowest BCUT2D eigenvalue weighted by molar-refractivity contribution is -0.185. The summed E-state index contributed by atoms with van der Waals surface area (Å²) in [5.41, 5.74) is 0.893. The quantitative estimate of drug-likeness (QED) is 0.638. The Morgan fingerprint density at radius 2 is 2.24 bits per heavy atom. The van der Waals surface area contributed by atoms with Crippen LogP contribution in [0.4, 0.5) is 13.2 Å². The Hall–Kier alpha value is -1.77. The first-order valence-electron chi connectivity index (χ1n) is 8.38. The predicted molar refractivity (Wildman–Crippen MR) is 92.8 cm³/mol. The van der Waals surface area contributed by atoms with E-state index in [0.717, 1.165) is 17.1 Å². The van der Waals surface area contributed by atoms with Crippen molar-refractivity contribution >= 4 is 22.3 Å². The first kappa shape index (κ1) is 18.0. The van der Waals surface area contributed by atoms with Crippen LogP contribution in [0, 0.1) is 11.8 Å². The van der Waals surface area contributed by atoms with E-state index in [4.69, 9.17) is 0 Å². The summed E-state index contributed by atoms with van der Waals surface area (Å²) in [5, 5.41) is 8.28. The maximum Gasteiger partial charge on any atom is 0.391 e. The van der Waals surface area contributed by atoms with Crippen LogP contribution >= 0.6 is 11.3 Å². The van der Waals surface area contributed by atoms with Gasteiger partial charge in [0.15, 0.2) is 10.9 Å². The molecular formula is C16H22F3N5S. The zero-order chi connectivity index (χ0) is 17.9. The molecular weight excluding hydrogens is 351 g/mol. The summed E-state index contributed by atoms with van der Waals surface area (Å²) in [7, 11) is 1.65. The third kappa shape index (κ3) is 4.65. The monoisotopic (exact) mass is 373 g/mol. The number of rotatable bonds is 4. The van der Waals surface area contributed by atoms with Crippen molar-refractivity contribution in [1.82, 2.24) is 20.0 Å². The highest BCUT2D eigenvalue weighted by atomic mass is 32.1. The van der Waals surface area contributed by atoms with Gasteiger partial charge in [0.1, 0.15) is 0 Å². The Kier molecular flexibility index (Phi) is 5.51. The van der Waals surface area contributed by atoms with E-state index in [2.05, 4.69) is 20.6 Å². The van der Waals surface area contributed by atoms with Gasteiger partial charge in [-0.1, -0.05) is 6.42 Å². The van der Waals surface area contributed by atoms with Crippen LogP contribution in [0.3, 0.4) is 0 Å². The number of aromatic nitrogens is 2. The first-order chi connectivity index (χ1) is 12.0. The number of nitrogens with zero attached hydrogens (tertiary/aromatic N) is 3. The van der Waals surface area contributed by atoms with Crippen LogP contribution in [-0.4, -0.2) is 35.1 Å². The number of imidazole rings is 1. The maximum atomic E-state index is 12.9. The molecule has 2 atom stereocenters. The largest absolute Gasteiger partial charge is 0.391 e. The summed E-state index contributed by atoms with van der Waals surface area (Å²) in [5.74, 6) is -0.552. The third-order valence-electron chi connectivity index (χ3n) is 4.61. The Morgan fingerprint density at radius 3 is 2.96 bits per heavy atom. The normalized spacial score (nSPS) is 22.3. The molecule has 9 heteroatoms. The number of hydrogen-bond donors (Lipinski definition) is 2. The van der Waals surface area contributed by atoms with E-state index < -0.39 is 12.1 Å². The summed E-state index contributed by atoms with van der Waals surface area (Å²) in [6.07, 6.45) is 1.73. The molecule has 1 aliphatic rings. The van der Waals surface area contributed by atoms with Gasteiger partial charge in [0.2, 0.25) is 0 Å². The second kappa shape index (κ2) is 7.63. The molecule has 2 unspecified atom stereocenters. The van der Waals surface area contributed by atoms with Gasteiger partial charge < -0.3 is 10.6 Å². The van der Waals surface area contributed by atoms with Crippen LogP contribution in [0.25, 0.3) is 4.96 Å². The van der Waals surface area contributed by atoms with Crippen molar-refractivity contribution in [2.24, 2.45) is 16.8 Å². The van der Waals surface area contributed by atoms with E-state index in [9.17, 15) is 13.2 Å². The van der Waals surface area contributed by atoms with Crippen molar-refractivity contribution in [2.75, 3.05) is 13.6 Å². The number of halogens is 3. The molecule has 0 aliphatic heterocycles. The third-order valence-corrected chi connectivity index (χ3v) is 5.38. The molecule has 1 aliphatic carbocycles. The molecule has 2 aromatic heterocycles. The van der Waals surface area contributed by atoms with Crippen molar-refractivity contribution in [3.8, 4) is 0 Å². The number of hydrogen-bond acceptors (Lipinski definition) is 3. The SMILES string of the molecule is CN=C(NCc1cn2ccsc2n1)NCC1CCCC(C(F)(F)F)C1. The average Bonchev–Trinajstić information content (AvgIpc) is 3.16. The van der Waals surface area contributed by atoms with Crippen LogP contribution in [0.1, 0.15) is 31.4 Å². The van der Waals surface area contributed by atoms with Crippen molar-refractivity contribution in [1.29, 1.82) is 0 Å². The van der Waals surface area contributed by atoms with Crippen LogP contribution in [0.5, 0.6) is 0 Å². The number of fused-ring (bicyclic) bond motifs is 1. The zero-order valence-electron chi connectivity index (χ0n) is 14.0. The van der Waals surface area contributed by atoms with Gasteiger partial charge in [0, 0.05) is 31.4 Å². The van der Waals surface area contributed by atoms with Gasteiger partial charge in [-0.25, -0.2) is 4.98 Å². The van der Waals surface area contributed by atoms with Crippen LogP contribution in [0.15, 0.2) is 22.8 Å². The molecule has 5 nitrogen and oxygen atoms in total. The van der Waals surface area contributed by atoms with E-state index in [1.165, 1.54) is 0 Å². The number of thiazole rings is 1. The second-order valence-electron chi connectivity index (χ2n) is 6.40. The highest BCUT2D eigenvalue weighted by molar-refractivity contribution is 7.15. The molecule has 1 fully saturated rings. The molecule has 0 aromatic carbocycles. The van der Waals surface area contributed by atoms with Gasteiger partial charge >= 0.3 is 6.18 Å². The van der Waals surface area contributed by atoms with Gasteiger partial charge in [0.05, 0.1) is 18.2 Å². The standard InChI is InChI=1S/C16H22F3N5S/c1-20-14(22-9-13-10-24-5-6-25-15(24)23-13)21-8-11-3-2-4-12(7-11)16(17,18)19/h5-6,10-12H,2-4,7-9H2,1H3,(H2,20,21,22). The average molecular weight is 373 g/mol. The minimum Gasteiger partial charge on any atom is -0.356 e. The highest BCUT2D eigenvalue weighted by Crippen LogP contribution is 2.39. The highest BCUT2D eigenvalue weighted by Gasteiger charge is 2.41. The van der Waals surface area contributed by atoms with E-state index in [0.29, 0.717) is 25.5 Å². The molecule has 0 saturated heterocycles. The molecule has 2 heterocycles. The van der Waals surface area contributed by atoms with Crippen LogP contribution in [-0.2, 0) is 6.54 Å². The van der Waals surface area contributed by atoms with E-state index in [-0.39, 0.29) is 18.8 Å². The Balaban J connectivity index is 1.46. The number of nitrogens with one attached hydrogen (secondary N) is 2. The smallest absolute Gasteiger partial charge is 0.356 e. The Labute approximate surface area is 148 Å². The van der Waals surface area contributed by atoms with Gasteiger partial charge in [-0.05, 0) is 25.2 Å². The number of aliphatic imine (C=N–C) groups is 1. The van der Waals surface area contributed by atoms with Crippen LogP contribution < -0.4 is 10.6 Å². The maximum absolute atomic E-state index is 12.9. The van der Waals surface area contributed by atoms with Crippen molar-refractivity contribution in [3.05, 3.63) is 23.5 Å². The van der Waals surface area contributed by atoms with Gasteiger partial charge in [-0.15, -0.1) is 11.3 Å². The topological polar surface area (TPSA) is 53.7 Å². The Morgan fingerprint density at radius 1 is 1.40 bits per heavy atom. The predicted octanol–water partition coefficient (Wildman–Crippen LogP) is 3.43. The summed E-state index contributed by atoms with van der Waals surface area (Å²) in [4.78, 5) is 9.54. The molecule has 0 bridgehead atoms. The van der Waals surface area contributed by atoms with Gasteiger partial charge in [-0.3, -0.25) is 9.39 Å². The van der Waals surface area contributed by atoms with E-state index >= 15 is 0 Å². The number of alkyl halides is 3.